The molecule has 0 aliphatic carbocycles. The quantitative estimate of drug-likeness (QED) is 0.733. The second kappa shape index (κ2) is 8.17. The molecule has 2 aromatic rings. The Labute approximate surface area is 138 Å². The number of hydrogen-bond donors (Lipinski definition) is 2. The van der Waals surface area contributed by atoms with E-state index in [2.05, 4.69) is 15.9 Å². The molecule has 22 heavy (non-hydrogen) atoms. The maximum atomic E-state index is 10.2. The molecule has 5 heteroatoms. The van der Waals surface area contributed by atoms with Gasteiger partial charge < -0.3 is 19.7 Å². The zero-order valence-corrected chi connectivity index (χ0v) is 14.0. The van der Waals surface area contributed by atoms with Gasteiger partial charge in [0.15, 0.2) is 0 Å². The van der Waals surface area contributed by atoms with Crippen LogP contribution in [0.4, 0.5) is 0 Å². The monoisotopic (exact) mass is 366 g/mol. The van der Waals surface area contributed by atoms with Crippen LogP contribution in [0.5, 0.6) is 11.5 Å². The van der Waals surface area contributed by atoms with Crippen LogP contribution in [0.3, 0.4) is 0 Å². The van der Waals surface area contributed by atoms with Crippen molar-refractivity contribution in [2.45, 2.75) is 6.42 Å². The molecule has 2 rings (SSSR count). The van der Waals surface area contributed by atoms with Gasteiger partial charge in [0.2, 0.25) is 0 Å². The lowest BCUT2D eigenvalue weighted by Crippen LogP contribution is -2.06. The summed E-state index contributed by atoms with van der Waals surface area (Å²) in [4.78, 5) is 0. The molecule has 0 aromatic heterocycles. The van der Waals surface area contributed by atoms with E-state index in [1.807, 2.05) is 30.3 Å². The standard InChI is InChI=1S/C17H19BrO4/c1-21-9-10-22-8-7-13-16(12-5-3-2-4-6-12)14(19)11-15(20)17(13)18/h2-6,11,19-20H,7-10H2,1H3. The van der Waals surface area contributed by atoms with Crippen molar-refractivity contribution in [1.29, 1.82) is 0 Å². The highest BCUT2D eigenvalue weighted by Crippen LogP contribution is 2.42. The van der Waals surface area contributed by atoms with E-state index in [9.17, 15) is 10.2 Å². The van der Waals surface area contributed by atoms with Gasteiger partial charge in [-0.15, -0.1) is 0 Å². The average Bonchev–Trinajstić information content (AvgIpc) is 2.52. The van der Waals surface area contributed by atoms with E-state index >= 15 is 0 Å². The molecule has 0 spiro atoms. The number of benzene rings is 2. The molecule has 0 aliphatic rings. The zero-order chi connectivity index (χ0) is 15.9. The second-order valence-electron chi connectivity index (χ2n) is 4.80. The highest BCUT2D eigenvalue weighted by atomic mass is 79.9. The molecule has 4 nitrogen and oxygen atoms in total. The van der Waals surface area contributed by atoms with Gasteiger partial charge in [0, 0.05) is 18.7 Å². The van der Waals surface area contributed by atoms with E-state index in [0.717, 1.165) is 11.1 Å². The fourth-order valence-electron chi connectivity index (χ4n) is 2.26. The van der Waals surface area contributed by atoms with Crippen molar-refractivity contribution in [2.24, 2.45) is 0 Å². The number of aromatic hydroxyl groups is 2. The number of rotatable bonds is 7. The molecule has 118 valence electrons. The van der Waals surface area contributed by atoms with Gasteiger partial charge in [-0.3, -0.25) is 0 Å². The molecule has 0 heterocycles. The largest absolute Gasteiger partial charge is 0.507 e. The van der Waals surface area contributed by atoms with Gasteiger partial charge in [0.1, 0.15) is 11.5 Å². The first-order valence-electron chi connectivity index (χ1n) is 7.00. The summed E-state index contributed by atoms with van der Waals surface area (Å²) < 4.78 is 11.0. The van der Waals surface area contributed by atoms with Crippen molar-refractivity contribution >= 4 is 15.9 Å². The third kappa shape index (κ3) is 4.00. The van der Waals surface area contributed by atoms with Crippen LogP contribution in [0.15, 0.2) is 40.9 Å². The molecular formula is C17H19BrO4. The van der Waals surface area contributed by atoms with Crippen LogP contribution in [-0.4, -0.2) is 37.1 Å². The normalized spacial score (nSPS) is 10.8. The summed E-state index contributed by atoms with van der Waals surface area (Å²) >= 11 is 3.40. The van der Waals surface area contributed by atoms with Gasteiger partial charge in [0.25, 0.3) is 0 Å². The highest BCUT2D eigenvalue weighted by molar-refractivity contribution is 9.10. The lowest BCUT2D eigenvalue weighted by atomic mass is 9.96. The second-order valence-corrected chi connectivity index (χ2v) is 5.60. The lowest BCUT2D eigenvalue weighted by molar-refractivity contribution is 0.0722. The van der Waals surface area contributed by atoms with E-state index in [4.69, 9.17) is 9.47 Å². The fourth-order valence-corrected chi connectivity index (χ4v) is 2.78. The zero-order valence-electron chi connectivity index (χ0n) is 12.4. The van der Waals surface area contributed by atoms with E-state index in [1.165, 1.54) is 6.07 Å². The predicted octanol–water partition coefficient (Wildman–Crippen LogP) is 3.73. The minimum absolute atomic E-state index is 0.0177. The maximum Gasteiger partial charge on any atom is 0.133 e. The molecule has 0 bridgehead atoms. The molecule has 0 aliphatic heterocycles. The van der Waals surface area contributed by atoms with Gasteiger partial charge in [-0.1, -0.05) is 30.3 Å². The molecule has 0 atom stereocenters. The van der Waals surface area contributed by atoms with E-state index in [0.29, 0.717) is 36.3 Å². The summed E-state index contributed by atoms with van der Waals surface area (Å²) in [5.74, 6) is 0.0721. The Balaban J connectivity index is 2.30. The molecule has 0 radical (unpaired) electrons. The smallest absolute Gasteiger partial charge is 0.133 e. The van der Waals surface area contributed by atoms with Crippen molar-refractivity contribution in [2.75, 3.05) is 26.9 Å². The molecular weight excluding hydrogens is 348 g/mol. The highest BCUT2D eigenvalue weighted by Gasteiger charge is 2.17. The van der Waals surface area contributed by atoms with Crippen LogP contribution < -0.4 is 0 Å². The van der Waals surface area contributed by atoms with Crippen LogP contribution in [0, 0.1) is 0 Å². The summed E-state index contributed by atoms with van der Waals surface area (Å²) in [7, 11) is 1.63. The first-order valence-corrected chi connectivity index (χ1v) is 7.80. The van der Waals surface area contributed by atoms with Crippen molar-refractivity contribution in [3.05, 3.63) is 46.4 Å². The van der Waals surface area contributed by atoms with Crippen molar-refractivity contribution in [3.8, 4) is 22.6 Å². The van der Waals surface area contributed by atoms with Gasteiger partial charge in [-0.05, 0) is 33.5 Å². The summed E-state index contributed by atoms with van der Waals surface area (Å²) in [5.41, 5.74) is 2.43. The van der Waals surface area contributed by atoms with Crippen LogP contribution >= 0.6 is 15.9 Å². The third-order valence-electron chi connectivity index (χ3n) is 3.31. The fraction of sp³-hybridized carbons (Fsp3) is 0.294. The number of halogens is 1. The van der Waals surface area contributed by atoms with E-state index in [-0.39, 0.29) is 11.5 Å². The van der Waals surface area contributed by atoms with Gasteiger partial charge in [0.05, 0.1) is 24.3 Å². The van der Waals surface area contributed by atoms with Gasteiger partial charge in [-0.2, -0.15) is 0 Å². The van der Waals surface area contributed by atoms with Crippen LogP contribution in [0.25, 0.3) is 11.1 Å². The predicted molar refractivity (Wildman–Crippen MR) is 89.3 cm³/mol. The first kappa shape index (κ1) is 16.8. The van der Waals surface area contributed by atoms with Crippen LogP contribution in [0.2, 0.25) is 0 Å². The number of phenolic OH excluding ortho intramolecular Hbond substituents is 2. The van der Waals surface area contributed by atoms with Gasteiger partial charge >= 0.3 is 0 Å². The van der Waals surface area contributed by atoms with E-state index in [1.54, 1.807) is 7.11 Å². The Morgan fingerprint density at radius 2 is 1.73 bits per heavy atom. The Hall–Kier alpha value is -1.56. The maximum absolute atomic E-state index is 10.2. The van der Waals surface area contributed by atoms with Crippen molar-refractivity contribution in [3.63, 3.8) is 0 Å². The molecule has 0 saturated carbocycles. The van der Waals surface area contributed by atoms with Crippen molar-refractivity contribution < 1.29 is 19.7 Å². The van der Waals surface area contributed by atoms with E-state index < -0.39 is 0 Å². The molecule has 0 amide bonds. The topological polar surface area (TPSA) is 58.9 Å². The minimum atomic E-state index is 0.0177. The Morgan fingerprint density at radius 3 is 2.41 bits per heavy atom. The van der Waals surface area contributed by atoms with Gasteiger partial charge in [-0.25, -0.2) is 0 Å². The molecule has 0 fully saturated rings. The first-order chi connectivity index (χ1) is 10.6. The molecule has 0 saturated heterocycles. The van der Waals surface area contributed by atoms with Crippen LogP contribution in [-0.2, 0) is 15.9 Å². The Morgan fingerprint density at radius 1 is 1.00 bits per heavy atom. The number of hydrogen-bond acceptors (Lipinski definition) is 4. The van der Waals surface area contributed by atoms with Crippen molar-refractivity contribution in [1.82, 2.24) is 0 Å². The SMILES string of the molecule is COCCOCCc1c(Br)c(O)cc(O)c1-c1ccccc1. The summed E-state index contributed by atoms with van der Waals surface area (Å²) in [6.45, 7) is 1.53. The summed E-state index contributed by atoms with van der Waals surface area (Å²) in [5, 5.41) is 20.2. The minimum Gasteiger partial charge on any atom is -0.507 e. The molecule has 2 aromatic carbocycles. The van der Waals surface area contributed by atoms with Crippen LogP contribution in [0.1, 0.15) is 5.56 Å². The molecule has 0 unspecified atom stereocenters. The Kier molecular flexibility index (Phi) is 6.24. The Bertz CT molecular complexity index is 614. The third-order valence-corrected chi connectivity index (χ3v) is 4.20. The number of methoxy groups -OCH3 is 1. The number of ether oxygens (including phenoxy) is 2. The molecule has 2 N–H and O–H groups in total. The summed E-state index contributed by atoms with van der Waals surface area (Å²) in [6.07, 6.45) is 0.566. The lowest BCUT2D eigenvalue weighted by Gasteiger charge is -2.15. The average molecular weight is 367 g/mol. The number of phenols is 2. The summed E-state index contributed by atoms with van der Waals surface area (Å²) in [6, 6.07) is 10.9.